The molecule has 7 heteroatoms. The second kappa shape index (κ2) is 6.34. The number of hydrogen-bond acceptors (Lipinski definition) is 6. The molecule has 22 heavy (non-hydrogen) atoms. The van der Waals surface area contributed by atoms with Crippen molar-refractivity contribution in [3.8, 4) is 0 Å². The van der Waals surface area contributed by atoms with Crippen LogP contribution in [0.25, 0.3) is 0 Å². The van der Waals surface area contributed by atoms with Gasteiger partial charge in [-0.05, 0) is 13.8 Å². The number of piperazine rings is 1. The van der Waals surface area contributed by atoms with Crippen LogP contribution in [0.5, 0.6) is 0 Å². The summed E-state index contributed by atoms with van der Waals surface area (Å²) in [6, 6.07) is 0.0207. The lowest BCUT2D eigenvalue weighted by Gasteiger charge is -2.37. The summed E-state index contributed by atoms with van der Waals surface area (Å²) in [4.78, 5) is 20.2. The van der Waals surface area contributed by atoms with E-state index in [0.29, 0.717) is 24.8 Å². The summed E-state index contributed by atoms with van der Waals surface area (Å²) in [6.07, 6.45) is -0.936. The number of rotatable bonds is 3. The van der Waals surface area contributed by atoms with Crippen molar-refractivity contribution in [2.24, 2.45) is 0 Å². The second-order valence-corrected chi connectivity index (χ2v) is 6.92. The van der Waals surface area contributed by atoms with E-state index in [1.807, 2.05) is 27.7 Å². The highest BCUT2D eigenvalue weighted by atomic mass is 16.5. The Morgan fingerprint density at radius 3 is 2.27 bits per heavy atom. The molecule has 0 aliphatic carbocycles. The Morgan fingerprint density at radius 2 is 1.82 bits per heavy atom. The monoisotopic (exact) mass is 310 g/mol. The highest BCUT2D eigenvalue weighted by Gasteiger charge is 2.30. The molecule has 1 N–H and O–H groups in total. The number of aliphatic hydroxyl groups excluding tert-OH is 1. The first kappa shape index (κ1) is 16.9. The van der Waals surface area contributed by atoms with E-state index in [1.54, 1.807) is 4.90 Å². The molecule has 7 nitrogen and oxygen atoms in total. The van der Waals surface area contributed by atoms with Gasteiger partial charge in [0.2, 0.25) is 5.89 Å². The molecule has 2 rings (SSSR count). The summed E-state index contributed by atoms with van der Waals surface area (Å²) < 4.78 is 5.40. The maximum atomic E-state index is 11.8. The third kappa shape index (κ3) is 3.64. The molecule has 0 spiro atoms. The van der Waals surface area contributed by atoms with E-state index in [9.17, 15) is 9.90 Å². The van der Waals surface area contributed by atoms with Crippen LogP contribution >= 0.6 is 0 Å². The molecule has 0 bridgehead atoms. The molecule has 1 aliphatic heterocycles. The van der Waals surface area contributed by atoms with Crippen LogP contribution in [0.3, 0.4) is 0 Å². The van der Waals surface area contributed by atoms with Gasteiger partial charge in [-0.3, -0.25) is 9.69 Å². The summed E-state index contributed by atoms with van der Waals surface area (Å²) in [5.74, 6) is 1.11. The van der Waals surface area contributed by atoms with Crippen LogP contribution in [0, 0.1) is 0 Å². The zero-order valence-electron chi connectivity index (χ0n) is 14.0. The van der Waals surface area contributed by atoms with Crippen molar-refractivity contribution in [1.82, 2.24) is 19.9 Å². The van der Waals surface area contributed by atoms with E-state index in [-0.39, 0.29) is 17.4 Å². The van der Waals surface area contributed by atoms with Gasteiger partial charge in [0.25, 0.3) is 5.91 Å². The van der Waals surface area contributed by atoms with Gasteiger partial charge in [0, 0.05) is 31.6 Å². The lowest BCUT2D eigenvalue weighted by Crippen LogP contribution is -2.51. The van der Waals surface area contributed by atoms with Crippen LogP contribution in [0.1, 0.15) is 52.4 Å². The lowest BCUT2D eigenvalue weighted by molar-refractivity contribution is -0.141. The van der Waals surface area contributed by atoms with Gasteiger partial charge in [0.05, 0.1) is 6.04 Å². The quantitative estimate of drug-likeness (QED) is 0.895. The zero-order valence-corrected chi connectivity index (χ0v) is 14.0. The fourth-order valence-corrected chi connectivity index (χ4v) is 2.46. The van der Waals surface area contributed by atoms with Crippen molar-refractivity contribution in [2.75, 3.05) is 26.2 Å². The molecule has 2 atom stereocenters. The molecule has 0 aromatic carbocycles. The number of hydrogen-bond donors (Lipinski definition) is 1. The molecule has 2 heterocycles. The molecule has 0 radical (unpaired) electrons. The normalized spacial score (nSPS) is 20.0. The van der Waals surface area contributed by atoms with Gasteiger partial charge in [0.15, 0.2) is 5.82 Å². The molecular formula is C15H26N4O3. The summed E-state index contributed by atoms with van der Waals surface area (Å²) >= 11 is 0. The van der Waals surface area contributed by atoms with E-state index in [4.69, 9.17) is 4.52 Å². The number of carbonyl (C=O) groups is 1. The third-order valence-corrected chi connectivity index (χ3v) is 4.00. The van der Waals surface area contributed by atoms with Crippen molar-refractivity contribution in [3.63, 3.8) is 0 Å². The average Bonchev–Trinajstić information content (AvgIpc) is 2.95. The first-order chi connectivity index (χ1) is 10.2. The van der Waals surface area contributed by atoms with Crippen molar-refractivity contribution < 1.29 is 14.4 Å². The van der Waals surface area contributed by atoms with Gasteiger partial charge in [-0.15, -0.1) is 0 Å². The summed E-state index contributed by atoms with van der Waals surface area (Å²) in [7, 11) is 0. The fraction of sp³-hybridized carbons (Fsp3) is 0.800. The van der Waals surface area contributed by atoms with Gasteiger partial charge in [-0.2, -0.15) is 4.98 Å². The first-order valence-corrected chi connectivity index (χ1v) is 7.75. The fourth-order valence-electron chi connectivity index (χ4n) is 2.46. The topological polar surface area (TPSA) is 82.7 Å². The van der Waals surface area contributed by atoms with E-state index in [2.05, 4.69) is 15.0 Å². The minimum absolute atomic E-state index is 0.0207. The van der Waals surface area contributed by atoms with Crippen LogP contribution < -0.4 is 0 Å². The molecular weight excluding hydrogens is 284 g/mol. The highest BCUT2D eigenvalue weighted by molar-refractivity contribution is 5.80. The Morgan fingerprint density at radius 1 is 1.23 bits per heavy atom. The third-order valence-electron chi connectivity index (χ3n) is 4.00. The molecule has 124 valence electrons. The van der Waals surface area contributed by atoms with Gasteiger partial charge in [0.1, 0.15) is 6.10 Å². The predicted molar refractivity (Wildman–Crippen MR) is 81.2 cm³/mol. The van der Waals surface area contributed by atoms with E-state index >= 15 is 0 Å². The zero-order chi connectivity index (χ0) is 16.5. The number of amides is 1. The molecule has 1 aliphatic rings. The van der Waals surface area contributed by atoms with Crippen LogP contribution in [0.4, 0.5) is 0 Å². The molecule has 2 unspecified atom stereocenters. The predicted octanol–water partition coefficient (Wildman–Crippen LogP) is 0.953. The van der Waals surface area contributed by atoms with Gasteiger partial charge < -0.3 is 14.5 Å². The van der Waals surface area contributed by atoms with E-state index < -0.39 is 6.10 Å². The van der Waals surface area contributed by atoms with Crippen LogP contribution in [0.2, 0.25) is 0 Å². The smallest absolute Gasteiger partial charge is 0.251 e. The largest absolute Gasteiger partial charge is 0.384 e. The molecule has 1 aromatic rings. The maximum absolute atomic E-state index is 11.8. The van der Waals surface area contributed by atoms with Crippen LogP contribution in [-0.4, -0.2) is 63.2 Å². The minimum atomic E-state index is -0.936. The van der Waals surface area contributed by atoms with Crippen molar-refractivity contribution in [2.45, 2.75) is 52.2 Å². The number of nitrogens with zero attached hydrogens (tertiary/aromatic N) is 4. The summed E-state index contributed by atoms with van der Waals surface area (Å²) in [6.45, 7) is 12.4. The Balaban J connectivity index is 1.96. The standard InChI is InChI=1S/C15H26N4O3/c1-10(12-16-14(17-22-12)15(3,4)5)18-6-8-19(9-7-18)13(21)11(2)20/h10-11,20H,6-9H2,1-5H3. The number of carbonyl (C=O) groups excluding carboxylic acids is 1. The Bertz CT molecular complexity index is 513. The average molecular weight is 310 g/mol. The number of aliphatic hydroxyl groups is 1. The van der Waals surface area contributed by atoms with Crippen molar-refractivity contribution in [3.05, 3.63) is 11.7 Å². The molecule has 1 fully saturated rings. The van der Waals surface area contributed by atoms with E-state index in [1.165, 1.54) is 6.92 Å². The summed E-state index contributed by atoms with van der Waals surface area (Å²) in [5.41, 5.74) is -0.135. The Hall–Kier alpha value is -1.47. The van der Waals surface area contributed by atoms with Crippen molar-refractivity contribution >= 4 is 5.91 Å². The van der Waals surface area contributed by atoms with Gasteiger partial charge >= 0.3 is 0 Å². The SMILES string of the molecule is CC(O)C(=O)N1CCN(C(C)c2nc(C(C)(C)C)no2)CC1. The lowest BCUT2D eigenvalue weighted by atomic mass is 9.96. The second-order valence-electron chi connectivity index (χ2n) is 6.92. The van der Waals surface area contributed by atoms with Gasteiger partial charge in [-0.1, -0.05) is 25.9 Å². The number of aromatic nitrogens is 2. The van der Waals surface area contributed by atoms with Gasteiger partial charge in [-0.25, -0.2) is 0 Å². The van der Waals surface area contributed by atoms with Crippen LogP contribution in [-0.2, 0) is 10.2 Å². The Kier molecular flexibility index (Phi) is 4.87. The molecule has 1 saturated heterocycles. The van der Waals surface area contributed by atoms with Crippen molar-refractivity contribution in [1.29, 1.82) is 0 Å². The van der Waals surface area contributed by atoms with E-state index in [0.717, 1.165) is 13.1 Å². The molecule has 0 saturated carbocycles. The molecule has 1 amide bonds. The Labute approximate surface area is 131 Å². The highest BCUT2D eigenvalue weighted by Crippen LogP contribution is 2.24. The summed E-state index contributed by atoms with van der Waals surface area (Å²) in [5, 5.41) is 13.4. The van der Waals surface area contributed by atoms with Crippen LogP contribution in [0.15, 0.2) is 4.52 Å². The maximum Gasteiger partial charge on any atom is 0.251 e. The molecule has 1 aromatic heterocycles. The minimum Gasteiger partial charge on any atom is -0.384 e. The first-order valence-electron chi connectivity index (χ1n) is 7.75.